The average molecular weight is 347 g/mol. The maximum absolute atomic E-state index is 11.5. The van der Waals surface area contributed by atoms with Crippen molar-refractivity contribution >= 4 is 5.97 Å². The summed E-state index contributed by atoms with van der Waals surface area (Å²) in [6.45, 7) is 2.67. The van der Waals surface area contributed by atoms with Crippen LogP contribution in [-0.4, -0.2) is 38.8 Å². The molecule has 0 radical (unpaired) electrons. The number of carboxylic acid groups (broad SMARTS) is 1. The van der Waals surface area contributed by atoms with Crippen molar-refractivity contribution in [1.82, 2.24) is 14.7 Å². The summed E-state index contributed by atoms with van der Waals surface area (Å²) in [5.74, 6) is -0.581. The Kier molecular flexibility index (Phi) is 4.54. The lowest BCUT2D eigenvalue weighted by atomic mass is 9.93. The minimum absolute atomic E-state index is 0.263. The molecular weight excluding hydrogens is 326 g/mol. The van der Waals surface area contributed by atoms with E-state index in [0.29, 0.717) is 5.56 Å². The zero-order chi connectivity index (χ0) is 17.9. The molecule has 1 fully saturated rings. The SMILES string of the molecule is O=C(O)c1ccccc1[C@H]1CCN(Cc2ccccc2-n2cccn2)C1. The lowest BCUT2D eigenvalue weighted by Gasteiger charge is -2.19. The van der Waals surface area contributed by atoms with E-state index in [4.69, 9.17) is 0 Å². The van der Waals surface area contributed by atoms with E-state index in [9.17, 15) is 9.90 Å². The molecule has 2 aromatic carbocycles. The largest absolute Gasteiger partial charge is 0.478 e. The molecule has 3 aromatic rings. The summed E-state index contributed by atoms with van der Waals surface area (Å²) < 4.78 is 1.89. The highest BCUT2D eigenvalue weighted by molar-refractivity contribution is 5.89. The van der Waals surface area contributed by atoms with Crippen LogP contribution in [0, 0.1) is 0 Å². The molecule has 0 bridgehead atoms. The summed E-state index contributed by atoms with van der Waals surface area (Å²) in [4.78, 5) is 13.9. The number of aromatic nitrogens is 2. The van der Waals surface area contributed by atoms with Gasteiger partial charge in [0.2, 0.25) is 0 Å². The maximum Gasteiger partial charge on any atom is 0.335 e. The summed E-state index contributed by atoms with van der Waals surface area (Å²) >= 11 is 0. The fourth-order valence-electron chi connectivity index (χ4n) is 3.80. The van der Waals surface area contributed by atoms with Crippen molar-refractivity contribution in [1.29, 1.82) is 0 Å². The molecule has 2 heterocycles. The van der Waals surface area contributed by atoms with E-state index < -0.39 is 5.97 Å². The van der Waals surface area contributed by atoms with Gasteiger partial charge in [0.05, 0.1) is 11.3 Å². The number of hydrogen-bond donors (Lipinski definition) is 1. The van der Waals surface area contributed by atoms with Crippen molar-refractivity contribution in [2.24, 2.45) is 0 Å². The molecule has 26 heavy (non-hydrogen) atoms. The van der Waals surface area contributed by atoms with Crippen LogP contribution in [-0.2, 0) is 6.54 Å². The molecule has 0 amide bonds. The van der Waals surface area contributed by atoms with E-state index in [1.807, 2.05) is 35.1 Å². The van der Waals surface area contributed by atoms with Gasteiger partial charge in [0, 0.05) is 25.5 Å². The molecule has 0 saturated carbocycles. The van der Waals surface area contributed by atoms with E-state index in [2.05, 4.69) is 28.2 Å². The second-order valence-electron chi connectivity index (χ2n) is 6.69. The molecule has 1 saturated heterocycles. The quantitative estimate of drug-likeness (QED) is 0.767. The van der Waals surface area contributed by atoms with Gasteiger partial charge in [0.25, 0.3) is 0 Å². The van der Waals surface area contributed by atoms with Crippen molar-refractivity contribution in [2.45, 2.75) is 18.9 Å². The highest BCUT2D eigenvalue weighted by Gasteiger charge is 2.27. The number of likely N-dealkylation sites (tertiary alicyclic amines) is 1. The number of benzene rings is 2. The van der Waals surface area contributed by atoms with Crippen molar-refractivity contribution < 1.29 is 9.90 Å². The number of hydrogen-bond acceptors (Lipinski definition) is 3. The highest BCUT2D eigenvalue weighted by atomic mass is 16.4. The maximum atomic E-state index is 11.5. The molecule has 1 atom stereocenters. The Morgan fingerprint density at radius 3 is 2.73 bits per heavy atom. The minimum Gasteiger partial charge on any atom is -0.478 e. The lowest BCUT2D eigenvalue weighted by molar-refractivity contribution is 0.0695. The molecule has 1 aliphatic rings. The summed E-state index contributed by atoms with van der Waals surface area (Å²) in [5, 5.41) is 13.8. The van der Waals surface area contributed by atoms with Crippen LogP contribution in [0.5, 0.6) is 0 Å². The zero-order valence-electron chi connectivity index (χ0n) is 14.5. The third-order valence-electron chi connectivity index (χ3n) is 5.04. The molecule has 5 heteroatoms. The van der Waals surface area contributed by atoms with E-state index in [1.165, 1.54) is 5.56 Å². The molecule has 0 unspecified atom stereocenters. The normalized spacial score (nSPS) is 17.5. The topological polar surface area (TPSA) is 58.4 Å². The lowest BCUT2D eigenvalue weighted by Crippen LogP contribution is -2.21. The first kappa shape index (κ1) is 16.5. The van der Waals surface area contributed by atoms with Gasteiger partial charge in [0.15, 0.2) is 0 Å². The Hall–Kier alpha value is -2.92. The first-order chi connectivity index (χ1) is 12.7. The summed E-state index contributed by atoms with van der Waals surface area (Å²) in [6, 6.07) is 17.6. The minimum atomic E-state index is -0.844. The van der Waals surface area contributed by atoms with Crippen LogP contribution in [0.3, 0.4) is 0 Å². The molecule has 1 aromatic heterocycles. The molecule has 1 N–H and O–H groups in total. The summed E-state index contributed by atoms with van der Waals surface area (Å²) in [5.41, 5.74) is 3.69. The van der Waals surface area contributed by atoms with E-state index in [1.54, 1.807) is 18.3 Å². The molecule has 132 valence electrons. The number of aromatic carboxylic acids is 1. The average Bonchev–Trinajstić information content (AvgIpc) is 3.34. The fourth-order valence-corrected chi connectivity index (χ4v) is 3.80. The molecule has 0 spiro atoms. The molecule has 1 aliphatic heterocycles. The van der Waals surface area contributed by atoms with Crippen LogP contribution in [0.1, 0.15) is 33.8 Å². The van der Waals surface area contributed by atoms with Gasteiger partial charge in [-0.15, -0.1) is 0 Å². The number of rotatable bonds is 5. The third kappa shape index (κ3) is 3.26. The van der Waals surface area contributed by atoms with Crippen molar-refractivity contribution in [3.63, 3.8) is 0 Å². The standard InChI is InChI=1S/C21H21N3O2/c25-21(26)19-8-3-2-7-18(19)16-10-13-23(14-16)15-17-6-1-4-9-20(17)24-12-5-11-22-24/h1-9,11-12,16H,10,13-15H2,(H,25,26)/t16-/m0/s1. The molecular formula is C21H21N3O2. The molecule has 0 aliphatic carbocycles. The van der Waals surface area contributed by atoms with Crippen LogP contribution in [0.25, 0.3) is 5.69 Å². The van der Waals surface area contributed by atoms with Crippen LogP contribution in [0.15, 0.2) is 67.0 Å². The number of carbonyl (C=O) groups is 1. The van der Waals surface area contributed by atoms with Crippen molar-refractivity contribution in [3.8, 4) is 5.69 Å². The second kappa shape index (κ2) is 7.14. The monoisotopic (exact) mass is 347 g/mol. The Morgan fingerprint density at radius 1 is 1.12 bits per heavy atom. The van der Waals surface area contributed by atoms with Crippen LogP contribution >= 0.6 is 0 Å². The first-order valence-corrected chi connectivity index (χ1v) is 8.85. The van der Waals surface area contributed by atoms with E-state index >= 15 is 0 Å². The van der Waals surface area contributed by atoms with Gasteiger partial charge in [-0.1, -0.05) is 36.4 Å². The number of nitrogens with zero attached hydrogens (tertiary/aromatic N) is 3. The van der Waals surface area contributed by atoms with Crippen molar-refractivity contribution in [2.75, 3.05) is 13.1 Å². The Morgan fingerprint density at radius 2 is 1.92 bits per heavy atom. The van der Waals surface area contributed by atoms with Crippen LogP contribution in [0.4, 0.5) is 0 Å². The number of para-hydroxylation sites is 1. The van der Waals surface area contributed by atoms with Gasteiger partial charge in [-0.2, -0.15) is 5.10 Å². The fraction of sp³-hybridized carbons (Fsp3) is 0.238. The third-order valence-corrected chi connectivity index (χ3v) is 5.04. The van der Waals surface area contributed by atoms with Crippen LogP contribution in [0.2, 0.25) is 0 Å². The van der Waals surface area contributed by atoms with Gasteiger partial charge < -0.3 is 5.11 Å². The first-order valence-electron chi connectivity index (χ1n) is 8.85. The van der Waals surface area contributed by atoms with Gasteiger partial charge in [-0.3, -0.25) is 4.90 Å². The highest BCUT2D eigenvalue weighted by Crippen LogP contribution is 2.31. The van der Waals surface area contributed by atoms with Gasteiger partial charge in [-0.05, 0) is 48.2 Å². The predicted molar refractivity (Wildman–Crippen MR) is 99.6 cm³/mol. The smallest absolute Gasteiger partial charge is 0.335 e. The zero-order valence-corrected chi connectivity index (χ0v) is 14.5. The second-order valence-corrected chi connectivity index (χ2v) is 6.69. The number of carboxylic acids is 1. The molecule has 5 nitrogen and oxygen atoms in total. The van der Waals surface area contributed by atoms with Gasteiger partial charge in [0.1, 0.15) is 0 Å². The Balaban J connectivity index is 1.52. The van der Waals surface area contributed by atoms with Crippen LogP contribution < -0.4 is 0 Å². The van der Waals surface area contributed by atoms with Crippen molar-refractivity contribution in [3.05, 3.63) is 83.7 Å². The predicted octanol–water partition coefficient (Wildman–Crippen LogP) is 3.56. The van der Waals surface area contributed by atoms with Gasteiger partial charge >= 0.3 is 5.97 Å². The molecule has 4 rings (SSSR count). The summed E-state index contributed by atoms with van der Waals surface area (Å²) in [6.07, 6.45) is 4.72. The summed E-state index contributed by atoms with van der Waals surface area (Å²) in [7, 11) is 0. The van der Waals surface area contributed by atoms with Gasteiger partial charge in [-0.25, -0.2) is 9.48 Å². The Labute approximate surface area is 152 Å². The van der Waals surface area contributed by atoms with E-state index in [0.717, 1.165) is 37.3 Å². The Bertz CT molecular complexity index is 905. The van der Waals surface area contributed by atoms with E-state index in [-0.39, 0.29) is 5.92 Å².